The van der Waals surface area contributed by atoms with Gasteiger partial charge in [-0.25, -0.2) is 9.37 Å². The zero-order chi connectivity index (χ0) is 21.4. The van der Waals surface area contributed by atoms with Gasteiger partial charge in [0.1, 0.15) is 16.5 Å². The van der Waals surface area contributed by atoms with E-state index < -0.39 is 0 Å². The summed E-state index contributed by atoms with van der Waals surface area (Å²) < 4.78 is 15.1. The van der Waals surface area contributed by atoms with E-state index in [0.29, 0.717) is 28.1 Å². The molecular formula is C24H20FN3OS. The van der Waals surface area contributed by atoms with Crippen LogP contribution in [0.5, 0.6) is 0 Å². The van der Waals surface area contributed by atoms with Crippen molar-refractivity contribution in [1.82, 2.24) is 9.55 Å². The van der Waals surface area contributed by atoms with Crippen LogP contribution < -0.4 is 5.56 Å². The lowest BCUT2D eigenvalue weighted by Crippen LogP contribution is -2.26. The summed E-state index contributed by atoms with van der Waals surface area (Å²) in [6.07, 6.45) is 0. The summed E-state index contributed by atoms with van der Waals surface area (Å²) >= 11 is 1.48. The van der Waals surface area contributed by atoms with Gasteiger partial charge in [-0.1, -0.05) is 38.1 Å². The summed E-state index contributed by atoms with van der Waals surface area (Å²) in [5.74, 6) is 0.450. The van der Waals surface area contributed by atoms with Crippen molar-refractivity contribution in [2.45, 2.75) is 33.2 Å². The first-order valence-corrected chi connectivity index (χ1v) is 10.5. The van der Waals surface area contributed by atoms with Crippen LogP contribution in [-0.4, -0.2) is 9.55 Å². The minimum atomic E-state index is -0.314. The Morgan fingerprint density at radius 2 is 1.93 bits per heavy atom. The van der Waals surface area contributed by atoms with Gasteiger partial charge in [0.05, 0.1) is 23.6 Å². The molecule has 4 aromatic rings. The molecule has 30 heavy (non-hydrogen) atoms. The van der Waals surface area contributed by atoms with Gasteiger partial charge in [0.15, 0.2) is 0 Å². The molecule has 0 radical (unpaired) electrons. The summed E-state index contributed by atoms with van der Waals surface area (Å²) in [6, 6.07) is 15.6. The van der Waals surface area contributed by atoms with Crippen LogP contribution >= 0.6 is 11.3 Å². The van der Waals surface area contributed by atoms with Crippen molar-refractivity contribution in [3.63, 3.8) is 0 Å². The molecule has 4 rings (SSSR count). The van der Waals surface area contributed by atoms with E-state index in [4.69, 9.17) is 4.98 Å². The fourth-order valence-corrected chi connectivity index (χ4v) is 4.73. The van der Waals surface area contributed by atoms with E-state index in [2.05, 4.69) is 6.07 Å². The van der Waals surface area contributed by atoms with Gasteiger partial charge in [-0.2, -0.15) is 5.26 Å². The van der Waals surface area contributed by atoms with Crippen molar-refractivity contribution in [3.8, 4) is 17.2 Å². The maximum Gasteiger partial charge on any atom is 0.263 e. The number of benzene rings is 2. The molecule has 0 aliphatic carbocycles. The first-order valence-electron chi connectivity index (χ1n) is 9.68. The van der Waals surface area contributed by atoms with Gasteiger partial charge >= 0.3 is 0 Å². The molecule has 0 unspecified atom stereocenters. The summed E-state index contributed by atoms with van der Waals surface area (Å²) in [4.78, 5) is 20.2. The first-order chi connectivity index (χ1) is 14.4. The number of fused-ring (bicyclic) bond motifs is 1. The fraction of sp³-hybridized carbons (Fsp3) is 0.208. The summed E-state index contributed by atoms with van der Waals surface area (Å²) in [6.45, 7) is 6.32. The third-order valence-corrected chi connectivity index (χ3v) is 6.06. The van der Waals surface area contributed by atoms with Crippen molar-refractivity contribution >= 4 is 21.6 Å². The van der Waals surface area contributed by atoms with Crippen molar-refractivity contribution in [2.75, 3.05) is 0 Å². The SMILES string of the molecule is Cc1sc2nc(C(C)C)n(Cc3cccc(C#N)c3)c(=O)c2c1-c1ccc(F)cc1. The minimum absolute atomic E-state index is 0.0536. The molecule has 150 valence electrons. The Morgan fingerprint density at radius 1 is 1.20 bits per heavy atom. The van der Waals surface area contributed by atoms with Crippen LogP contribution in [0, 0.1) is 24.1 Å². The topological polar surface area (TPSA) is 58.7 Å². The van der Waals surface area contributed by atoms with E-state index >= 15 is 0 Å². The van der Waals surface area contributed by atoms with Gasteiger partial charge in [-0.15, -0.1) is 11.3 Å². The summed E-state index contributed by atoms with van der Waals surface area (Å²) in [5.41, 5.74) is 2.92. The van der Waals surface area contributed by atoms with Crippen LogP contribution in [0.2, 0.25) is 0 Å². The van der Waals surface area contributed by atoms with Crippen LogP contribution in [0.15, 0.2) is 53.3 Å². The molecule has 2 aromatic carbocycles. The lowest BCUT2D eigenvalue weighted by atomic mass is 10.0. The Hall–Kier alpha value is -3.30. The van der Waals surface area contributed by atoms with Crippen molar-refractivity contribution < 1.29 is 4.39 Å². The number of hydrogen-bond donors (Lipinski definition) is 0. The van der Waals surface area contributed by atoms with Gasteiger partial charge in [0.25, 0.3) is 5.56 Å². The highest BCUT2D eigenvalue weighted by atomic mass is 32.1. The molecule has 0 amide bonds. The van der Waals surface area contributed by atoms with Crippen LogP contribution in [-0.2, 0) is 6.54 Å². The molecule has 2 aromatic heterocycles. The molecule has 0 bridgehead atoms. The predicted molar refractivity (Wildman–Crippen MR) is 118 cm³/mol. The quantitative estimate of drug-likeness (QED) is 0.433. The van der Waals surface area contributed by atoms with Crippen LogP contribution in [0.25, 0.3) is 21.3 Å². The third kappa shape index (κ3) is 3.53. The molecule has 0 aliphatic heterocycles. The Labute approximate surface area is 177 Å². The largest absolute Gasteiger partial charge is 0.291 e. The van der Waals surface area contributed by atoms with Crippen LogP contribution in [0.4, 0.5) is 4.39 Å². The molecule has 4 nitrogen and oxygen atoms in total. The summed E-state index contributed by atoms with van der Waals surface area (Å²) in [5, 5.41) is 9.76. The molecule has 0 saturated carbocycles. The zero-order valence-electron chi connectivity index (χ0n) is 16.9. The Bertz CT molecular complexity index is 1340. The number of thiophene rings is 1. The monoisotopic (exact) mass is 417 g/mol. The number of aromatic nitrogens is 2. The van der Waals surface area contributed by atoms with E-state index in [-0.39, 0.29) is 17.3 Å². The number of nitrogens with zero attached hydrogens (tertiary/aromatic N) is 3. The molecular weight excluding hydrogens is 397 g/mol. The Kier molecular flexibility index (Phi) is 5.23. The fourth-order valence-electron chi connectivity index (χ4n) is 3.69. The summed E-state index contributed by atoms with van der Waals surface area (Å²) in [7, 11) is 0. The number of aryl methyl sites for hydroxylation is 1. The highest BCUT2D eigenvalue weighted by Gasteiger charge is 2.21. The smallest absolute Gasteiger partial charge is 0.263 e. The van der Waals surface area contributed by atoms with Crippen molar-refractivity contribution in [2.24, 2.45) is 0 Å². The zero-order valence-corrected chi connectivity index (χ0v) is 17.8. The van der Waals surface area contributed by atoms with Gasteiger partial charge in [-0.05, 0) is 42.3 Å². The van der Waals surface area contributed by atoms with E-state index in [9.17, 15) is 14.4 Å². The lowest BCUT2D eigenvalue weighted by Gasteiger charge is -2.15. The second-order valence-electron chi connectivity index (χ2n) is 7.55. The van der Waals surface area contributed by atoms with Crippen LogP contribution in [0.3, 0.4) is 0 Å². The van der Waals surface area contributed by atoms with Crippen molar-refractivity contribution in [1.29, 1.82) is 5.26 Å². The molecule has 0 atom stereocenters. The Morgan fingerprint density at radius 3 is 2.60 bits per heavy atom. The molecule has 0 spiro atoms. The van der Waals surface area contributed by atoms with Crippen molar-refractivity contribution in [3.05, 3.63) is 86.5 Å². The van der Waals surface area contributed by atoms with E-state index in [1.165, 1.54) is 23.5 Å². The number of nitriles is 1. The first kappa shape index (κ1) is 20.0. The maximum atomic E-state index is 13.7. The standard InChI is InChI=1S/C24H20FN3OS/c1-14(2)22-27-23-21(20(15(3)30-23)18-7-9-19(25)10-8-18)24(29)28(22)13-17-6-4-5-16(11-17)12-26/h4-11,14H,13H2,1-3H3. The Balaban J connectivity index is 1.97. The van der Waals surface area contributed by atoms with E-state index in [0.717, 1.165) is 21.6 Å². The molecule has 0 fully saturated rings. The molecule has 0 saturated heterocycles. The minimum Gasteiger partial charge on any atom is -0.291 e. The molecule has 0 N–H and O–H groups in total. The average molecular weight is 418 g/mol. The van der Waals surface area contributed by atoms with Gasteiger partial charge in [-0.3, -0.25) is 9.36 Å². The van der Waals surface area contributed by atoms with Gasteiger partial charge in [0, 0.05) is 16.4 Å². The maximum absolute atomic E-state index is 13.7. The predicted octanol–water partition coefficient (Wildman–Crippen LogP) is 5.62. The van der Waals surface area contributed by atoms with Crippen LogP contribution in [0.1, 0.15) is 41.6 Å². The number of halogens is 1. The van der Waals surface area contributed by atoms with E-state index in [1.54, 1.807) is 28.8 Å². The highest BCUT2D eigenvalue weighted by Crippen LogP contribution is 2.36. The lowest BCUT2D eigenvalue weighted by molar-refractivity contribution is 0.628. The van der Waals surface area contributed by atoms with Gasteiger partial charge < -0.3 is 0 Å². The average Bonchev–Trinajstić information content (AvgIpc) is 3.06. The number of rotatable bonds is 4. The highest BCUT2D eigenvalue weighted by molar-refractivity contribution is 7.19. The second kappa shape index (κ2) is 7.85. The third-order valence-electron chi connectivity index (χ3n) is 5.06. The van der Waals surface area contributed by atoms with E-state index in [1.807, 2.05) is 32.9 Å². The molecule has 2 heterocycles. The molecule has 6 heteroatoms. The molecule has 0 aliphatic rings. The number of hydrogen-bond acceptors (Lipinski definition) is 4. The normalized spacial score (nSPS) is 11.2. The van der Waals surface area contributed by atoms with Gasteiger partial charge in [0.2, 0.25) is 0 Å². The second-order valence-corrected chi connectivity index (χ2v) is 8.75.